The Labute approximate surface area is 237 Å². The van der Waals surface area contributed by atoms with E-state index in [4.69, 9.17) is 9.40 Å². The predicted molar refractivity (Wildman–Crippen MR) is 174 cm³/mol. The van der Waals surface area contributed by atoms with Crippen LogP contribution in [-0.4, -0.2) is 9.55 Å². The first-order valence-electron chi connectivity index (χ1n) is 13.8. The molecule has 0 N–H and O–H groups in total. The van der Waals surface area contributed by atoms with Crippen molar-refractivity contribution in [3.8, 4) is 5.69 Å². The van der Waals surface area contributed by atoms with Gasteiger partial charge in [0.15, 0.2) is 0 Å². The van der Waals surface area contributed by atoms with Gasteiger partial charge in [-0.3, -0.25) is 4.98 Å². The van der Waals surface area contributed by atoms with Crippen molar-refractivity contribution in [2.24, 2.45) is 0 Å². The number of para-hydroxylation sites is 2. The lowest BCUT2D eigenvalue weighted by Gasteiger charge is -2.13. The SMILES string of the molecule is c1ccc2c(c1)oc1c3ccc4c5ccccc5n(-c5cncc6c5sc5ccccc56)c4c3c3ccccc3c21. The first-order chi connectivity index (χ1) is 20.4. The quantitative estimate of drug-likeness (QED) is 0.194. The number of hydrogen-bond donors (Lipinski definition) is 0. The molecule has 0 saturated carbocycles. The van der Waals surface area contributed by atoms with E-state index < -0.39 is 0 Å². The van der Waals surface area contributed by atoms with Gasteiger partial charge in [-0.25, -0.2) is 0 Å². The van der Waals surface area contributed by atoms with E-state index in [1.165, 1.54) is 63.5 Å². The molecule has 0 aliphatic heterocycles. The molecular formula is C37H20N2OS. The third-order valence-electron chi connectivity index (χ3n) is 8.65. The highest BCUT2D eigenvalue weighted by Gasteiger charge is 2.22. The molecule has 0 fully saturated rings. The van der Waals surface area contributed by atoms with Crippen molar-refractivity contribution in [2.45, 2.75) is 0 Å². The lowest BCUT2D eigenvalue weighted by Crippen LogP contribution is -1.96. The molecule has 0 radical (unpaired) electrons. The highest BCUT2D eigenvalue weighted by Crippen LogP contribution is 2.47. The van der Waals surface area contributed by atoms with Crippen LogP contribution in [0.15, 0.2) is 126 Å². The molecule has 3 nitrogen and oxygen atoms in total. The first kappa shape index (κ1) is 21.6. The molecule has 6 aromatic carbocycles. The molecule has 4 aromatic heterocycles. The van der Waals surface area contributed by atoms with Gasteiger partial charge in [0.05, 0.1) is 27.6 Å². The van der Waals surface area contributed by atoms with Crippen LogP contribution in [0, 0.1) is 0 Å². The minimum Gasteiger partial charge on any atom is -0.455 e. The first-order valence-corrected chi connectivity index (χ1v) is 14.6. The molecule has 10 rings (SSSR count). The van der Waals surface area contributed by atoms with Crippen molar-refractivity contribution in [3.63, 3.8) is 0 Å². The summed E-state index contributed by atoms with van der Waals surface area (Å²) in [5.41, 5.74) is 5.33. The summed E-state index contributed by atoms with van der Waals surface area (Å²) in [6.07, 6.45) is 4.04. The number of thiophene rings is 1. The monoisotopic (exact) mass is 540 g/mol. The Morgan fingerprint density at radius 1 is 0.537 bits per heavy atom. The van der Waals surface area contributed by atoms with Crippen LogP contribution in [0.1, 0.15) is 0 Å². The molecule has 0 amide bonds. The molecule has 0 bridgehead atoms. The van der Waals surface area contributed by atoms with Crippen LogP contribution in [0.25, 0.3) is 91.1 Å². The van der Waals surface area contributed by atoms with Crippen LogP contribution in [0.5, 0.6) is 0 Å². The molecule has 4 heteroatoms. The van der Waals surface area contributed by atoms with Gasteiger partial charge < -0.3 is 8.98 Å². The maximum Gasteiger partial charge on any atom is 0.143 e. The second kappa shape index (κ2) is 7.72. The largest absolute Gasteiger partial charge is 0.455 e. The van der Waals surface area contributed by atoms with Crippen molar-refractivity contribution >= 4 is 96.8 Å². The Balaban J connectivity index is 1.50. The zero-order valence-corrected chi connectivity index (χ0v) is 22.6. The van der Waals surface area contributed by atoms with Gasteiger partial charge in [-0.1, -0.05) is 84.9 Å². The van der Waals surface area contributed by atoms with E-state index in [1.54, 1.807) is 0 Å². The fourth-order valence-corrected chi connectivity index (χ4v) is 8.15. The second-order valence-electron chi connectivity index (χ2n) is 10.7. The lowest BCUT2D eigenvalue weighted by atomic mass is 9.95. The van der Waals surface area contributed by atoms with Crippen LogP contribution < -0.4 is 0 Å². The average Bonchev–Trinajstić information content (AvgIpc) is 3.71. The molecule has 41 heavy (non-hydrogen) atoms. The van der Waals surface area contributed by atoms with Crippen molar-refractivity contribution in [3.05, 3.63) is 122 Å². The molecule has 0 saturated heterocycles. The number of benzene rings is 6. The lowest BCUT2D eigenvalue weighted by molar-refractivity contribution is 0.673. The highest BCUT2D eigenvalue weighted by atomic mass is 32.1. The molecule has 0 aliphatic carbocycles. The van der Waals surface area contributed by atoms with Crippen molar-refractivity contribution in [1.82, 2.24) is 9.55 Å². The van der Waals surface area contributed by atoms with E-state index in [0.29, 0.717) is 0 Å². The van der Waals surface area contributed by atoms with Gasteiger partial charge in [0, 0.05) is 54.0 Å². The van der Waals surface area contributed by atoms with Gasteiger partial charge in [-0.2, -0.15) is 0 Å². The minimum absolute atomic E-state index is 0.917. The predicted octanol–water partition coefficient (Wildman–Crippen LogP) is 10.8. The molecule has 0 aliphatic rings. The number of hydrogen-bond acceptors (Lipinski definition) is 3. The topological polar surface area (TPSA) is 31.0 Å². The average molecular weight is 541 g/mol. The number of fused-ring (bicyclic) bond motifs is 15. The molecule has 10 aromatic rings. The Hall–Kier alpha value is -5.19. The van der Waals surface area contributed by atoms with Gasteiger partial charge >= 0.3 is 0 Å². The van der Waals surface area contributed by atoms with Crippen LogP contribution in [0.2, 0.25) is 0 Å². The molecule has 190 valence electrons. The van der Waals surface area contributed by atoms with Crippen molar-refractivity contribution in [2.75, 3.05) is 0 Å². The Morgan fingerprint density at radius 3 is 2.10 bits per heavy atom. The maximum absolute atomic E-state index is 6.63. The number of pyridine rings is 1. The summed E-state index contributed by atoms with van der Waals surface area (Å²) in [4.78, 5) is 4.79. The van der Waals surface area contributed by atoms with Crippen molar-refractivity contribution < 1.29 is 4.42 Å². The smallest absolute Gasteiger partial charge is 0.143 e. The van der Waals surface area contributed by atoms with E-state index >= 15 is 0 Å². The van der Waals surface area contributed by atoms with Crippen LogP contribution in [0.3, 0.4) is 0 Å². The van der Waals surface area contributed by atoms with Gasteiger partial charge in [-0.15, -0.1) is 11.3 Å². The summed E-state index contributed by atoms with van der Waals surface area (Å²) in [6, 6.07) is 39.1. The molecule has 0 unspecified atom stereocenters. The summed E-state index contributed by atoms with van der Waals surface area (Å²) in [6.45, 7) is 0. The zero-order valence-electron chi connectivity index (χ0n) is 21.8. The molecular weight excluding hydrogens is 520 g/mol. The van der Waals surface area contributed by atoms with E-state index in [9.17, 15) is 0 Å². The van der Waals surface area contributed by atoms with E-state index in [1.807, 2.05) is 29.8 Å². The van der Waals surface area contributed by atoms with Gasteiger partial charge in [-0.05, 0) is 35.0 Å². The Kier molecular flexibility index (Phi) is 4.07. The number of nitrogens with zero attached hydrogens (tertiary/aromatic N) is 2. The van der Waals surface area contributed by atoms with E-state index in [0.717, 1.165) is 27.6 Å². The van der Waals surface area contributed by atoms with Crippen LogP contribution >= 0.6 is 11.3 Å². The van der Waals surface area contributed by atoms with Gasteiger partial charge in [0.1, 0.15) is 11.2 Å². The molecule has 0 spiro atoms. The van der Waals surface area contributed by atoms with E-state index in [2.05, 4.69) is 108 Å². The number of aromatic nitrogens is 2. The maximum atomic E-state index is 6.63. The number of rotatable bonds is 1. The van der Waals surface area contributed by atoms with E-state index in [-0.39, 0.29) is 0 Å². The van der Waals surface area contributed by atoms with Crippen molar-refractivity contribution in [1.29, 1.82) is 0 Å². The number of furan rings is 1. The summed E-state index contributed by atoms with van der Waals surface area (Å²) in [5.74, 6) is 0. The normalized spacial score (nSPS) is 12.4. The fraction of sp³-hybridized carbons (Fsp3) is 0. The van der Waals surface area contributed by atoms with Gasteiger partial charge in [0.25, 0.3) is 0 Å². The zero-order chi connectivity index (χ0) is 26.7. The van der Waals surface area contributed by atoms with Crippen LogP contribution in [-0.2, 0) is 0 Å². The second-order valence-corrected chi connectivity index (χ2v) is 11.8. The third kappa shape index (κ3) is 2.70. The van der Waals surface area contributed by atoms with Crippen LogP contribution in [0.4, 0.5) is 0 Å². The molecule has 0 atom stereocenters. The van der Waals surface area contributed by atoms with Gasteiger partial charge in [0.2, 0.25) is 0 Å². The summed E-state index contributed by atoms with van der Waals surface area (Å²) >= 11 is 1.84. The third-order valence-corrected chi connectivity index (χ3v) is 9.86. The summed E-state index contributed by atoms with van der Waals surface area (Å²) in [5, 5.41) is 12.0. The highest BCUT2D eigenvalue weighted by molar-refractivity contribution is 7.26. The standard InChI is InChI=1S/C37H20N2OS/c1-2-12-24-23(11-1)33-27(36-34(24)26-13-4-7-15-31(26)40-36)18-17-25-21-9-3-6-14-29(21)39(35(25)33)30-20-38-19-28-22-10-5-8-16-32(22)41-37(28)30/h1-20H. The Morgan fingerprint density at radius 2 is 1.22 bits per heavy atom. The summed E-state index contributed by atoms with van der Waals surface area (Å²) in [7, 11) is 0. The fourth-order valence-electron chi connectivity index (χ4n) is 6.98. The summed E-state index contributed by atoms with van der Waals surface area (Å²) < 4.78 is 11.6. The minimum atomic E-state index is 0.917. The molecule has 4 heterocycles. The Bertz CT molecular complexity index is 2710.